The van der Waals surface area contributed by atoms with Crippen LogP contribution in [0.15, 0.2) is 59.5 Å². The molecule has 0 aliphatic rings. The molecule has 0 bridgehead atoms. The number of aryl methyl sites for hydroxylation is 1. The van der Waals surface area contributed by atoms with Crippen LogP contribution in [-0.2, 0) is 25.6 Å². The Labute approximate surface area is 143 Å². The van der Waals surface area contributed by atoms with Gasteiger partial charge in [0.1, 0.15) is 12.2 Å². The third-order valence-corrected chi connectivity index (χ3v) is 4.94. The number of ether oxygens (including phenoxy) is 1. The lowest BCUT2D eigenvalue weighted by Gasteiger charge is -2.19. The molecule has 0 aromatic heterocycles. The second-order valence-corrected chi connectivity index (χ2v) is 7.21. The van der Waals surface area contributed by atoms with Crippen LogP contribution in [0, 0.1) is 6.92 Å². The molecule has 0 amide bonds. The summed E-state index contributed by atoms with van der Waals surface area (Å²) in [6.45, 7) is 3.70. The third kappa shape index (κ3) is 5.42. The second-order valence-electron chi connectivity index (χ2n) is 5.64. The lowest BCUT2D eigenvalue weighted by molar-refractivity contribution is -0.0239. The average molecular weight is 350 g/mol. The molecule has 1 N–H and O–H groups in total. The molecule has 2 atom stereocenters. The maximum Gasteiger partial charge on any atom is 0.297 e. The van der Waals surface area contributed by atoms with Crippen LogP contribution in [0.4, 0.5) is 0 Å². The van der Waals surface area contributed by atoms with Crippen molar-refractivity contribution in [2.24, 2.45) is 0 Å². The summed E-state index contributed by atoms with van der Waals surface area (Å²) >= 11 is 0. The van der Waals surface area contributed by atoms with Crippen molar-refractivity contribution in [3.63, 3.8) is 0 Å². The summed E-state index contributed by atoms with van der Waals surface area (Å²) in [5.41, 5.74) is 1.93. The van der Waals surface area contributed by atoms with Gasteiger partial charge in [-0.1, -0.05) is 48.0 Å². The molecule has 130 valence electrons. The van der Waals surface area contributed by atoms with Crippen LogP contribution in [0.3, 0.4) is 0 Å². The fourth-order valence-corrected chi connectivity index (χ4v) is 3.14. The van der Waals surface area contributed by atoms with Crippen LogP contribution in [0.1, 0.15) is 18.1 Å². The van der Waals surface area contributed by atoms with Crippen molar-refractivity contribution < 1.29 is 22.4 Å². The first-order valence-corrected chi connectivity index (χ1v) is 9.09. The molecule has 2 rings (SSSR count). The zero-order chi connectivity index (χ0) is 17.6. The van der Waals surface area contributed by atoms with Crippen molar-refractivity contribution in [3.8, 4) is 0 Å². The number of aliphatic hydroxyl groups is 1. The molecule has 2 aromatic rings. The van der Waals surface area contributed by atoms with E-state index in [9.17, 15) is 13.5 Å². The monoisotopic (exact) mass is 350 g/mol. The summed E-state index contributed by atoms with van der Waals surface area (Å²) in [6.07, 6.45) is -1.96. The van der Waals surface area contributed by atoms with Crippen molar-refractivity contribution in [3.05, 3.63) is 65.7 Å². The largest absolute Gasteiger partial charge is 0.388 e. The smallest absolute Gasteiger partial charge is 0.297 e. The van der Waals surface area contributed by atoms with Crippen LogP contribution in [0.5, 0.6) is 0 Å². The van der Waals surface area contributed by atoms with Gasteiger partial charge in [-0.05, 0) is 31.5 Å². The van der Waals surface area contributed by atoms with Gasteiger partial charge in [0.25, 0.3) is 10.1 Å². The Morgan fingerprint density at radius 1 is 1.04 bits per heavy atom. The van der Waals surface area contributed by atoms with Gasteiger partial charge < -0.3 is 9.84 Å². The standard InChI is InChI=1S/C18H22O5S/c1-14-8-10-17(11-9-14)24(20,21)23-15(2)18(19)13-22-12-16-6-4-3-5-7-16/h3-11,15,18-19H,12-13H2,1-2H3/t15-,18+/m1/s1. The molecule has 0 saturated carbocycles. The van der Waals surface area contributed by atoms with E-state index in [1.165, 1.54) is 19.1 Å². The van der Waals surface area contributed by atoms with E-state index in [1.807, 2.05) is 37.3 Å². The highest BCUT2D eigenvalue weighted by Crippen LogP contribution is 2.16. The summed E-state index contributed by atoms with van der Waals surface area (Å²) in [7, 11) is -3.91. The van der Waals surface area contributed by atoms with Crippen molar-refractivity contribution in [1.82, 2.24) is 0 Å². The van der Waals surface area contributed by atoms with Crippen LogP contribution >= 0.6 is 0 Å². The molecule has 6 heteroatoms. The zero-order valence-corrected chi connectivity index (χ0v) is 14.6. The molecule has 0 saturated heterocycles. The van der Waals surface area contributed by atoms with Gasteiger partial charge in [0.05, 0.1) is 18.1 Å². The molecule has 0 fully saturated rings. The van der Waals surface area contributed by atoms with Crippen molar-refractivity contribution >= 4 is 10.1 Å². The van der Waals surface area contributed by atoms with Gasteiger partial charge in [-0.25, -0.2) is 0 Å². The molecule has 0 heterocycles. The Hall–Kier alpha value is -1.73. The zero-order valence-electron chi connectivity index (χ0n) is 13.8. The minimum atomic E-state index is -3.91. The lowest BCUT2D eigenvalue weighted by atomic mass is 10.2. The molecular weight excluding hydrogens is 328 g/mol. The van der Waals surface area contributed by atoms with Crippen molar-refractivity contribution in [2.45, 2.75) is 37.6 Å². The molecule has 2 aromatic carbocycles. The minimum Gasteiger partial charge on any atom is -0.388 e. The van der Waals surface area contributed by atoms with Crippen LogP contribution in [0.2, 0.25) is 0 Å². The van der Waals surface area contributed by atoms with Gasteiger partial charge in [-0.3, -0.25) is 4.18 Å². The summed E-state index contributed by atoms with van der Waals surface area (Å²) in [6, 6.07) is 15.9. The van der Waals surface area contributed by atoms with Gasteiger partial charge in [-0.15, -0.1) is 0 Å². The van der Waals surface area contributed by atoms with E-state index in [4.69, 9.17) is 8.92 Å². The molecule has 0 radical (unpaired) electrons. The number of benzene rings is 2. The van der Waals surface area contributed by atoms with Gasteiger partial charge in [0.15, 0.2) is 0 Å². The first-order valence-electron chi connectivity index (χ1n) is 7.68. The summed E-state index contributed by atoms with van der Waals surface area (Å²) in [5.74, 6) is 0. The second kappa shape index (κ2) is 8.39. The Kier molecular flexibility index (Phi) is 6.51. The number of aliphatic hydroxyl groups excluding tert-OH is 1. The Morgan fingerprint density at radius 2 is 1.67 bits per heavy atom. The predicted octanol–water partition coefficient (Wildman–Crippen LogP) is 2.67. The van der Waals surface area contributed by atoms with Crippen LogP contribution < -0.4 is 0 Å². The van der Waals surface area contributed by atoms with Gasteiger partial charge in [-0.2, -0.15) is 8.42 Å². The maximum atomic E-state index is 12.2. The number of hydrogen-bond donors (Lipinski definition) is 1. The predicted molar refractivity (Wildman–Crippen MR) is 91.0 cm³/mol. The van der Waals surface area contributed by atoms with Gasteiger partial charge in [0, 0.05) is 0 Å². The topological polar surface area (TPSA) is 72.8 Å². The highest BCUT2D eigenvalue weighted by Gasteiger charge is 2.24. The van der Waals surface area contributed by atoms with E-state index in [-0.39, 0.29) is 11.5 Å². The van der Waals surface area contributed by atoms with E-state index in [0.29, 0.717) is 6.61 Å². The number of hydrogen-bond acceptors (Lipinski definition) is 5. The van der Waals surface area contributed by atoms with E-state index in [2.05, 4.69) is 0 Å². The Morgan fingerprint density at radius 3 is 2.29 bits per heavy atom. The normalized spacial score (nSPS) is 14.3. The molecule has 0 unspecified atom stereocenters. The van der Waals surface area contributed by atoms with Crippen molar-refractivity contribution in [1.29, 1.82) is 0 Å². The molecule has 5 nitrogen and oxygen atoms in total. The van der Waals surface area contributed by atoms with E-state index in [1.54, 1.807) is 12.1 Å². The summed E-state index contributed by atoms with van der Waals surface area (Å²) in [5, 5.41) is 10.0. The molecule has 0 aliphatic heterocycles. The van der Waals surface area contributed by atoms with Crippen molar-refractivity contribution in [2.75, 3.05) is 6.61 Å². The average Bonchev–Trinajstić information content (AvgIpc) is 2.55. The summed E-state index contributed by atoms with van der Waals surface area (Å²) < 4.78 is 34.8. The quantitative estimate of drug-likeness (QED) is 0.741. The van der Waals surface area contributed by atoms with E-state index < -0.39 is 22.3 Å². The SMILES string of the molecule is Cc1ccc(S(=O)(=O)O[C@H](C)[C@@H](O)COCc2ccccc2)cc1. The van der Waals surface area contributed by atoms with E-state index >= 15 is 0 Å². The minimum absolute atomic E-state index is 0.0144. The Bertz CT molecular complexity index is 726. The van der Waals surface area contributed by atoms with Gasteiger partial charge in [0.2, 0.25) is 0 Å². The highest BCUT2D eigenvalue weighted by atomic mass is 32.2. The molecular formula is C18H22O5S. The highest BCUT2D eigenvalue weighted by molar-refractivity contribution is 7.86. The fraction of sp³-hybridized carbons (Fsp3) is 0.333. The molecule has 0 spiro atoms. The summed E-state index contributed by atoms with van der Waals surface area (Å²) in [4.78, 5) is 0.0670. The third-order valence-electron chi connectivity index (χ3n) is 3.53. The van der Waals surface area contributed by atoms with Gasteiger partial charge >= 0.3 is 0 Å². The Balaban J connectivity index is 1.86. The van der Waals surface area contributed by atoms with E-state index in [0.717, 1.165) is 11.1 Å². The van der Waals surface area contributed by atoms with Crippen LogP contribution in [0.25, 0.3) is 0 Å². The maximum absolute atomic E-state index is 12.2. The fourth-order valence-electron chi connectivity index (χ4n) is 2.03. The lowest BCUT2D eigenvalue weighted by Crippen LogP contribution is -2.32. The molecule has 0 aliphatic carbocycles. The number of rotatable bonds is 8. The van der Waals surface area contributed by atoms with Crippen LogP contribution in [-0.4, -0.2) is 32.3 Å². The first-order chi connectivity index (χ1) is 11.4. The first kappa shape index (κ1) is 18.6. The molecule has 24 heavy (non-hydrogen) atoms.